The van der Waals surface area contributed by atoms with Gasteiger partial charge in [-0.2, -0.15) is 0 Å². The van der Waals surface area contributed by atoms with Gasteiger partial charge in [0.2, 0.25) is 0 Å². The van der Waals surface area contributed by atoms with Gasteiger partial charge in [-0.1, -0.05) is 0 Å². The van der Waals surface area contributed by atoms with Gasteiger partial charge in [0.1, 0.15) is 0 Å². The molecule has 0 amide bonds. The van der Waals surface area contributed by atoms with Gasteiger partial charge < -0.3 is 0 Å². The van der Waals surface area contributed by atoms with Gasteiger partial charge in [-0.25, -0.2) is 13.5 Å². The lowest BCUT2D eigenvalue weighted by atomic mass is 10.4. The third-order valence-corrected chi connectivity index (χ3v) is 3.84. The predicted molar refractivity (Wildman–Crippen MR) is 43.7 cm³/mol. The molecule has 0 aliphatic rings. The van der Waals surface area contributed by atoms with Crippen LogP contribution < -0.4 is 0 Å². The van der Waals surface area contributed by atoms with Gasteiger partial charge in [0.15, 0.2) is 9.84 Å². The summed E-state index contributed by atoms with van der Waals surface area (Å²) in [5, 5.41) is 9.68. The second-order valence-corrected chi connectivity index (χ2v) is 5.50. The van der Waals surface area contributed by atoms with Gasteiger partial charge in [0, 0.05) is 0 Å². The first-order valence-electron chi connectivity index (χ1n) is 3.80. The van der Waals surface area contributed by atoms with Gasteiger partial charge in [-0.15, -0.1) is 0 Å². The van der Waals surface area contributed by atoms with Crippen molar-refractivity contribution >= 4 is 9.84 Å². The van der Waals surface area contributed by atoms with E-state index >= 15 is 0 Å². The minimum atomic E-state index is -2.91. The lowest BCUT2D eigenvalue weighted by molar-refractivity contribution is 0.188. The van der Waals surface area contributed by atoms with Crippen molar-refractivity contribution in [3.63, 3.8) is 0 Å². The van der Waals surface area contributed by atoms with Gasteiger partial charge in [0.25, 0.3) is 0 Å². The molecule has 0 rings (SSSR count). The average Bonchev–Trinajstić information content (AvgIpc) is 1.88. The van der Waals surface area contributed by atoms with Gasteiger partial charge in [-0.05, 0) is 26.7 Å². The highest BCUT2D eigenvalue weighted by Crippen LogP contribution is 2.03. The molecule has 3 nitrogen and oxygen atoms in total. The van der Waals surface area contributed by atoms with E-state index in [1.807, 2.05) is 0 Å². The molecule has 0 aromatic heterocycles. The molecule has 0 saturated carbocycles. The standard InChI is InChI=1S/C7H15O3S/c1-7(2)11(9,10)6-4-3-5-8/h7H,3-6H2,1-2H3. The normalized spacial score (nSPS) is 12.4. The minimum Gasteiger partial charge on any atom is -0.237 e. The Morgan fingerprint density at radius 3 is 2.09 bits per heavy atom. The summed E-state index contributed by atoms with van der Waals surface area (Å²) in [6, 6.07) is 0. The van der Waals surface area contributed by atoms with Crippen molar-refractivity contribution < 1.29 is 13.5 Å². The maximum absolute atomic E-state index is 11.1. The zero-order chi connectivity index (χ0) is 8.91. The quantitative estimate of drug-likeness (QED) is 0.592. The van der Waals surface area contributed by atoms with Crippen LogP contribution in [-0.2, 0) is 14.9 Å². The number of sulfone groups is 1. The van der Waals surface area contributed by atoms with E-state index in [0.717, 1.165) is 0 Å². The molecular weight excluding hydrogens is 164 g/mol. The molecule has 0 saturated heterocycles. The van der Waals surface area contributed by atoms with Crippen LogP contribution in [-0.4, -0.2) is 26.0 Å². The van der Waals surface area contributed by atoms with Crippen molar-refractivity contribution in [3.05, 3.63) is 0 Å². The summed E-state index contributed by atoms with van der Waals surface area (Å²) >= 11 is 0. The monoisotopic (exact) mass is 179 g/mol. The van der Waals surface area contributed by atoms with E-state index in [2.05, 4.69) is 0 Å². The maximum Gasteiger partial charge on any atom is 0.152 e. The molecule has 0 fully saturated rings. The fourth-order valence-electron chi connectivity index (χ4n) is 0.641. The molecule has 0 heterocycles. The molecule has 67 valence electrons. The van der Waals surface area contributed by atoms with Crippen molar-refractivity contribution in [1.29, 1.82) is 0 Å². The number of hydrogen-bond acceptors (Lipinski definition) is 2. The molecule has 0 aliphatic heterocycles. The summed E-state index contributed by atoms with van der Waals surface area (Å²) in [6.45, 7) is 3.15. The van der Waals surface area contributed by atoms with Gasteiger partial charge in [0.05, 0.1) is 17.6 Å². The van der Waals surface area contributed by atoms with Crippen LogP contribution in [0.2, 0.25) is 0 Å². The van der Waals surface area contributed by atoms with Crippen LogP contribution in [0, 0.1) is 0 Å². The predicted octanol–water partition coefficient (Wildman–Crippen LogP) is 1.02. The zero-order valence-corrected chi connectivity index (χ0v) is 7.86. The molecule has 1 radical (unpaired) electrons. The first kappa shape index (κ1) is 10.9. The molecule has 0 aliphatic carbocycles. The molecule has 0 aromatic rings. The van der Waals surface area contributed by atoms with Crippen LogP contribution in [0.4, 0.5) is 0 Å². The molecule has 0 spiro atoms. The van der Waals surface area contributed by atoms with Crippen LogP contribution in [0.5, 0.6) is 0 Å². The fraction of sp³-hybridized carbons (Fsp3) is 1.00. The molecular formula is C7H15O3S. The van der Waals surface area contributed by atoms with E-state index in [-0.39, 0.29) is 17.6 Å². The van der Waals surface area contributed by atoms with E-state index in [1.165, 1.54) is 0 Å². The van der Waals surface area contributed by atoms with Crippen molar-refractivity contribution in [3.8, 4) is 0 Å². The van der Waals surface area contributed by atoms with E-state index in [0.29, 0.717) is 12.8 Å². The Morgan fingerprint density at radius 1 is 1.18 bits per heavy atom. The van der Waals surface area contributed by atoms with Crippen LogP contribution in [0.15, 0.2) is 0 Å². The zero-order valence-electron chi connectivity index (χ0n) is 7.04. The van der Waals surface area contributed by atoms with Crippen LogP contribution in [0.3, 0.4) is 0 Å². The molecule has 0 aromatic carbocycles. The summed E-state index contributed by atoms with van der Waals surface area (Å²) in [5.74, 6) is 0.160. The van der Waals surface area contributed by atoms with Crippen molar-refractivity contribution in [2.24, 2.45) is 0 Å². The van der Waals surface area contributed by atoms with Crippen LogP contribution in [0.1, 0.15) is 26.7 Å². The highest BCUT2D eigenvalue weighted by atomic mass is 32.2. The fourth-order valence-corrected chi connectivity index (χ4v) is 1.72. The summed E-state index contributed by atoms with van der Waals surface area (Å²) < 4.78 is 22.2. The summed E-state index contributed by atoms with van der Waals surface area (Å²) in [5.41, 5.74) is 0. The molecule has 11 heavy (non-hydrogen) atoms. The van der Waals surface area contributed by atoms with Gasteiger partial charge in [-0.3, -0.25) is 0 Å². The van der Waals surface area contributed by atoms with E-state index in [4.69, 9.17) is 0 Å². The smallest absolute Gasteiger partial charge is 0.152 e. The Kier molecular flexibility index (Phi) is 4.68. The Balaban J connectivity index is 3.75. The molecule has 0 atom stereocenters. The van der Waals surface area contributed by atoms with Crippen LogP contribution >= 0.6 is 0 Å². The number of rotatable bonds is 5. The Bertz CT molecular complexity index is 182. The Labute approximate surface area is 68.3 Å². The largest absolute Gasteiger partial charge is 0.237 e. The highest BCUT2D eigenvalue weighted by molar-refractivity contribution is 7.91. The van der Waals surface area contributed by atoms with Crippen LogP contribution in [0.25, 0.3) is 0 Å². The number of unbranched alkanes of at least 4 members (excludes halogenated alkanes) is 1. The summed E-state index contributed by atoms with van der Waals surface area (Å²) in [4.78, 5) is 0. The molecule has 0 bridgehead atoms. The first-order valence-corrected chi connectivity index (χ1v) is 5.52. The topological polar surface area (TPSA) is 54.0 Å². The van der Waals surface area contributed by atoms with Crippen molar-refractivity contribution in [2.45, 2.75) is 31.9 Å². The van der Waals surface area contributed by atoms with Gasteiger partial charge >= 0.3 is 0 Å². The highest BCUT2D eigenvalue weighted by Gasteiger charge is 2.14. The van der Waals surface area contributed by atoms with E-state index < -0.39 is 9.84 Å². The third kappa shape index (κ3) is 4.37. The lowest BCUT2D eigenvalue weighted by Crippen LogP contribution is -2.17. The molecule has 0 unspecified atom stereocenters. The lowest BCUT2D eigenvalue weighted by Gasteiger charge is -2.05. The van der Waals surface area contributed by atoms with E-state index in [1.54, 1.807) is 13.8 Å². The summed E-state index contributed by atoms with van der Waals surface area (Å²) in [7, 11) is -2.91. The first-order chi connectivity index (χ1) is 5.00. The maximum atomic E-state index is 11.1. The van der Waals surface area contributed by atoms with Crippen molar-refractivity contribution in [1.82, 2.24) is 0 Å². The van der Waals surface area contributed by atoms with Crippen molar-refractivity contribution in [2.75, 3.05) is 12.4 Å². The Morgan fingerprint density at radius 2 is 1.73 bits per heavy atom. The van der Waals surface area contributed by atoms with E-state index in [9.17, 15) is 13.5 Å². The second-order valence-electron chi connectivity index (χ2n) is 2.83. The third-order valence-electron chi connectivity index (χ3n) is 1.54. The SMILES string of the molecule is CC(C)S(=O)(=O)CCCC[O]. The number of hydrogen-bond donors (Lipinski definition) is 0. The molecule has 4 heteroatoms. The minimum absolute atomic E-state index is 0.160. The summed E-state index contributed by atoms with van der Waals surface area (Å²) in [6.07, 6.45) is 0.968. The molecule has 0 N–H and O–H groups in total. The second kappa shape index (κ2) is 4.72. The Hall–Kier alpha value is -0.0900. The average molecular weight is 179 g/mol.